The second kappa shape index (κ2) is 6.74. The minimum absolute atomic E-state index is 0.0904. The van der Waals surface area contributed by atoms with Crippen LogP contribution in [-0.4, -0.2) is 36.2 Å². The van der Waals surface area contributed by atoms with E-state index in [2.05, 4.69) is 30.9 Å². The van der Waals surface area contributed by atoms with E-state index in [1.165, 1.54) is 11.1 Å². The van der Waals surface area contributed by atoms with E-state index in [9.17, 15) is 0 Å². The van der Waals surface area contributed by atoms with Crippen molar-refractivity contribution in [2.24, 2.45) is 5.73 Å². The van der Waals surface area contributed by atoms with Crippen LogP contribution in [0.5, 0.6) is 0 Å². The predicted octanol–water partition coefficient (Wildman–Crippen LogP) is 1.70. The third-order valence-electron chi connectivity index (χ3n) is 3.31. The summed E-state index contributed by atoms with van der Waals surface area (Å²) in [7, 11) is 2.02. The molecule has 1 aromatic carbocycles. The summed E-state index contributed by atoms with van der Waals surface area (Å²) in [6, 6.07) is 8.59. The number of aliphatic hydroxyl groups excluding tert-OH is 1. The summed E-state index contributed by atoms with van der Waals surface area (Å²) in [5, 5.41) is 9.07. The number of hydrogen-bond donors (Lipinski definition) is 2. The summed E-state index contributed by atoms with van der Waals surface area (Å²) in [6.07, 6.45) is 0.925. The Morgan fingerprint density at radius 2 is 2.00 bits per heavy atom. The lowest BCUT2D eigenvalue weighted by Gasteiger charge is -2.33. The summed E-state index contributed by atoms with van der Waals surface area (Å²) >= 11 is 0. The van der Waals surface area contributed by atoms with Crippen LogP contribution in [0.25, 0.3) is 0 Å². The Bertz CT molecular complexity index is 341. The van der Waals surface area contributed by atoms with Crippen molar-refractivity contribution in [1.29, 1.82) is 0 Å². The first-order chi connectivity index (χ1) is 8.11. The summed E-state index contributed by atoms with van der Waals surface area (Å²) in [5.41, 5.74) is 8.74. The van der Waals surface area contributed by atoms with Gasteiger partial charge in [0.15, 0.2) is 0 Å². The van der Waals surface area contributed by atoms with Crippen LogP contribution in [0.3, 0.4) is 0 Å². The predicted molar refractivity (Wildman–Crippen MR) is 71.9 cm³/mol. The molecule has 0 aliphatic heterocycles. The minimum atomic E-state index is 0.0904. The standard InChI is InChI=1S/C14H24N2O/c1-4-13(15)14(16(3)9-10-17)12-8-6-5-7-11(12)2/h5-8,13-14,17H,4,9-10,15H2,1-3H3. The van der Waals surface area contributed by atoms with E-state index in [1.54, 1.807) is 0 Å². The lowest BCUT2D eigenvalue weighted by atomic mass is 9.93. The first-order valence-corrected chi connectivity index (χ1v) is 6.24. The van der Waals surface area contributed by atoms with E-state index < -0.39 is 0 Å². The Kier molecular flexibility index (Phi) is 5.62. The second-order valence-electron chi connectivity index (χ2n) is 4.58. The molecule has 1 aromatic rings. The quantitative estimate of drug-likeness (QED) is 0.790. The summed E-state index contributed by atoms with van der Waals surface area (Å²) in [6.45, 7) is 5.02. The van der Waals surface area contributed by atoms with Gasteiger partial charge in [-0.2, -0.15) is 0 Å². The summed E-state index contributed by atoms with van der Waals surface area (Å²) in [4.78, 5) is 2.14. The van der Waals surface area contributed by atoms with Gasteiger partial charge in [0.25, 0.3) is 0 Å². The van der Waals surface area contributed by atoms with Crippen LogP contribution in [0.15, 0.2) is 24.3 Å². The van der Waals surface area contributed by atoms with Crippen molar-refractivity contribution in [3.63, 3.8) is 0 Å². The maximum atomic E-state index is 9.07. The van der Waals surface area contributed by atoms with Crippen molar-refractivity contribution in [3.8, 4) is 0 Å². The first kappa shape index (κ1) is 14.2. The van der Waals surface area contributed by atoms with Gasteiger partial charge in [0, 0.05) is 18.6 Å². The maximum absolute atomic E-state index is 9.07. The largest absolute Gasteiger partial charge is 0.395 e. The molecule has 3 N–H and O–H groups in total. The zero-order chi connectivity index (χ0) is 12.8. The van der Waals surface area contributed by atoms with Crippen molar-refractivity contribution in [2.75, 3.05) is 20.2 Å². The highest BCUT2D eigenvalue weighted by Crippen LogP contribution is 2.26. The van der Waals surface area contributed by atoms with E-state index in [1.807, 2.05) is 19.2 Å². The summed E-state index contributed by atoms with van der Waals surface area (Å²) < 4.78 is 0. The van der Waals surface area contributed by atoms with Crippen molar-refractivity contribution in [3.05, 3.63) is 35.4 Å². The van der Waals surface area contributed by atoms with E-state index >= 15 is 0 Å². The minimum Gasteiger partial charge on any atom is -0.395 e. The van der Waals surface area contributed by atoms with Gasteiger partial charge in [-0.05, 0) is 31.5 Å². The van der Waals surface area contributed by atoms with Gasteiger partial charge in [-0.3, -0.25) is 4.90 Å². The van der Waals surface area contributed by atoms with Gasteiger partial charge in [-0.1, -0.05) is 31.2 Å². The van der Waals surface area contributed by atoms with E-state index in [0.717, 1.165) is 6.42 Å². The van der Waals surface area contributed by atoms with Gasteiger partial charge in [0.2, 0.25) is 0 Å². The monoisotopic (exact) mass is 236 g/mol. The number of benzene rings is 1. The third-order valence-corrected chi connectivity index (χ3v) is 3.31. The molecular weight excluding hydrogens is 212 g/mol. The number of nitrogens with two attached hydrogens (primary N) is 1. The van der Waals surface area contributed by atoms with Crippen LogP contribution in [0.4, 0.5) is 0 Å². The average Bonchev–Trinajstić information content (AvgIpc) is 2.32. The Morgan fingerprint density at radius 1 is 1.35 bits per heavy atom. The zero-order valence-electron chi connectivity index (χ0n) is 11.1. The topological polar surface area (TPSA) is 49.5 Å². The van der Waals surface area contributed by atoms with Crippen molar-refractivity contribution < 1.29 is 5.11 Å². The van der Waals surface area contributed by atoms with Crippen LogP contribution in [0, 0.1) is 6.92 Å². The maximum Gasteiger partial charge on any atom is 0.0558 e. The Labute approximate surface area is 104 Å². The number of hydrogen-bond acceptors (Lipinski definition) is 3. The molecule has 0 amide bonds. The highest BCUT2D eigenvalue weighted by atomic mass is 16.3. The molecule has 0 bridgehead atoms. The summed E-state index contributed by atoms with van der Waals surface area (Å²) in [5.74, 6) is 0. The van der Waals surface area contributed by atoms with Crippen molar-refractivity contribution >= 4 is 0 Å². The van der Waals surface area contributed by atoms with E-state index in [0.29, 0.717) is 6.54 Å². The fourth-order valence-electron chi connectivity index (χ4n) is 2.23. The Hall–Kier alpha value is -0.900. The molecule has 0 aliphatic rings. The second-order valence-corrected chi connectivity index (χ2v) is 4.58. The number of aliphatic hydroxyl groups is 1. The number of aryl methyl sites for hydroxylation is 1. The van der Waals surface area contributed by atoms with E-state index in [4.69, 9.17) is 10.8 Å². The molecule has 17 heavy (non-hydrogen) atoms. The molecule has 0 radical (unpaired) electrons. The lowest BCUT2D eigenvalue weighted by Crippen LogP contribution is -2.40. The molecule has 0 aliphatic carbocycles. The SMILES string of the molecule is CCC(N)C(c1ccccc1C)N(C)CCO. The van der Waals surface area contributed by atoms with Crippen LogP contribution in [0.2, 0.25) is 0 Å². The Balaban J connectivity index is 3.02. The number of nitrogens with zero attached hydrogens (tertiary/aromatic N) is 1. The lowest BCUT2D eigenvalue weighted by molar-refractivity contribution is 0.161. The number of likely N-dealkylation sites (N-methyl/N-ethyl adjacent to an activating group) is 1. The van der Waals surface area contributed by atoms with Crippen LogP contribution in [-0.2, 0) is 0 Å². The molecule has 0 aromatic heterocycles. The zero-order valence-corrected chi connectivity index (χ0v) is 11.1. The van der Waals surface area contributed by atoms with Gasteiger partial charge < -0.3 is 10.8 Å². The smallest absolute Gasteiger partial charge is 0.0558 e. The molecule has 2 unspecified atom stereocenters. The average molecular weight is 236 g/mol. The highest BCUT2D eigenvalue weighted by Gasteiger charge is 2.23. The Morgan fingerprint density at radius 3 is 2.53 bits per heavy atom. The highest BCUT2D eigenvalue weighted by molar-refractivity contribution is 5.29. The normalized spacial score (nSPS) is 14.9. The molecule has 96 valence electrons. The van der Waals surface area contributed by atoms with Gasteiger partial charge in [-0.15, -0.1) is 0 Å². The fourth-order valence-corrected chi connectivity index (χ4v) is 2.23. The molecule has 3 heteroatoms. The first-order valence-electron chi connectivity index (χ1n) is 6.24. The molecule has 0 spiro atoms. The molecule has 0 fully saturated rings. The van der Waals surface area contributed by atoms with Gasteiger partial charge in [-0.25, -0.2) is 0 Å². The van der Waals surface area contributed by atoms with Crippen molar-refractivity contribution in [1.82, 2.24) is 4.90 Å². The van der Waals surface area contributed by atoms with Crippen LogP contribution < -0.4 is 5.73 Å². The van der Waals surface area contributed by atoms with Gasteiger partial charge in [0.1, 0.15) is 0 Å². The molecule has 0 saturated heterocycles. The fraction of sp³-hybridized carbons (Fsp3) is 0.571. The van der Waals surface area contributed by atoms with Crippen molar-refractivity contribution in [2.45, 2.75) is 32.4 Å². The van der Waals surface area contributed by atoms with Gasteiger partial charge in [0.05, 0.1) is 6.61 Å². The van der Waals surface area contributed by atoms with Crippen LogP contribution >= 0.6 is 0 Å². The molecule has 2 atom stereocenters. The molecule has 0 saturated carbocycles. The molecule has 1 rings (SSSR count). The van der Waals surface area contributed by atoms with Crippen LogP contribution in [0.1, 0.15) is 30.5 Å². The third kappa shape index (κ3) is 3.53. The molecule has 0 heterocycles. The molecule has 3 nitrogen and oxygen atoms in total. The molecular formula is C14H24N2O. The number of rotatable bonds is 6. The van der Waals surface area contributed by atoms with E-state index in [-0.39, 0.29) is 18.7 Å². The van der Waals surface area contributed by atoms with Gasteiger partial charge >= 0.3 is 0 Å².